The summed E-state index contributed by atoms with van der Waals surface area (Å²) in [6.07, 6.45) is 2.42. The van der Waals surface area contributed by atoms with Gasteiger partial charge in [0, 0.05) is 16.7 Å². The number of rotatable bonds is 4. The number of pyridine rings is 1. The van der Waals surface area contributed by atoms with Gasteiger partial charge in [0.15, 0.2) is 0 Å². The number of halogens is 1. The van der Waals surface area contributed by atoms with Crippen molar-refractivity contribution in [1.82, 2.24) is 10.3 Å². The summed E-state index contributed by atoms with van der Waals surface area (Å²) in [5, 5.41) is 2.95. The van der Waals surface area contributed by atoms with E-state index in [0.29, 0.717) is 10.2 Å². The van der Waals surface area contributed by atoms with Gasteiger partial charge in [-0.05, 0) is 47.0 Å². The highest BCUT2D eigenvalue weighted by Crippen LogP contribution is 2.13. The first-order valence-corrected chi connectivity index (χ1v) is 6.91. The smallest absolute Gasteiger partial charge is 0.271 e. The van der Waals surface area contributed by atoms with Gasteiger partial charge in [0.2, 0.25) is 0 Å². The van der Waals surface area contributed by atoms with E-state index in [1.165, 1.54) is 5.56 Å². The van der Waals surface area contributed by atoms with Gasteiger partial charge in [0.25, 0.3) is 5.91 Å². The van der Waals surface area contributed by atoms with Crippen LogP contribution in [0, 0.1) is 0 Å². The Hall–Kier alpha value is -1.68. The zero-order valence-corrected chi connectivity index (χ0v) is 12.2. The van der Waals surface area contributed by atoms with Crippen molar-refractivity contribution in [3.05, 3.63) is 64.4 Å². The molecule has 2 rings (SSSR count). The molecule has 2 aromatic rings. The van der Waals surface area contributed by atoms with Gasteiger partial charge in [-0.25, -0.2) is 4.98 Å². The molecule has 0 fully saturated rings. The Morgan fingerprint density at radius 3 is 2.68 bits per heavy atom. The molecule has 1 unspecified atom stereocenters. The number of nitrogens with one attached hydrogen (secondary N) is 1. The predicted molar refractivity (Wildman–Crippen MR) is 79.0 cm³/mol. The second-order valence-electron chi connectivity index (χ2n) is 4.40. The highest BCUT2D eigenvalue weighted by molar-refractivity contribution is 9.10. The van der Waals surface area contributed by atoms with Crippen molar-refractivity contribution >= 4 is 21.8 Å². The summed E-state index contributed by atoms with van der Waals surface area (Å²) in [4.78, 5) is 16.1. The summed E-state index contributed by atoms with van der Waals surface area (Å²) >= 11 is 3.33. The summed E-state index contributed by atoms with van der Waals surface area (Å²) in [6.45, 7) is 1.99. The van der Waals surface area contributed by atoms with Crippen LogP contribution in [-0.4, -0.2) is 16.9 Å². The zero-order valence-electron chi connectivity index (χ0n) is 10.6. The molecule has 1 N–H and O–H groups in total. The molecule has 98 valence electrons. The zero-order chi connectivity index (χ0) is 13.7. The lowest BCUT2D eigenvalue weighted by Gasteiger charge is -2.14. The number of amides is 1. The molecule has 0 aliphatic rings. The number of carbonyl (C=O) groups excluding carboxylic acids is 1. The van der Waals surface area contributed by atoms with Crippen molar-refractivity contribution in [2.45, 2.75) is 19.4 Å². The van der Waals surface area contributed by atoms with Crippen LogP contribution in [-0.2, 0) is 6.42 Å². The summed E-state index contributed by atoms with van der Waals surface area (Å²) in [6, 6.07) is 13.7. The minimum absolute atomic E-state index is 0.0591. The standard InChI is InChI=1S/C15H15BrN2O/c1-11(10-12-6-3-2-4-7-12)18-15(19)14-13(16)8-5-9-17-14/h2-9,11H,10H2,1H3,(H,18,19). The van der Waals surface area contributed by atoms with E-state index in [9.17, 15) is 4.79 Å². The molecule has 1 amide bonds. The minimum atomic E-state index is -0.157. The van der Waals surface area contributed by atoms with Gasteiger partial charge >= 0.3 is 0 Å². The van der Waals surface area contributed by atoms with Crippen LogP contribution in [0.3, 0.4) is 0 Å². The molecule has 19 heavy (non-hydrogen) atoms. The van der Waals surface area contributed by atoms with E-state index in [4.69, 9.17) is 0 Å². The number of benzene rings is 1. The summed E-state index contributed by atoms with van der Waals surface area (Å²) in [7, 11) is 0. The van der Waals surface area contributed by atoms with Crippen LogP contribution in [0.5, 0.6) is 0 Å². The Labute approximate surface area is 121 Å². The fraction of sp³-hybridized carbons (Fsp3) is 0.200. The second kappa shape index (κ2) is 6.48. The number of carbonyl (C=O) groups is 1. The van der Waals surface area contributed by atoms with Gasteiger partial charge in [0.1, 0.15) is 5.69 Å². The van der Waals surface area contributed by atoms with E-state index in [-0.39, 0.29) is 11.9 Å². The molecule has 0 aliphatic carbocycles. The van der Waals surface area contributed by atoms with E-state index in [1.54, 1.807) is 12.3 Å². The maximum atomic E-state index is 12.1. The van der Waals surface area contributed by atoms with Crippen molar-refractivity contribution in [3.63, 3.8) is 0 Å². The molecule has 0 radical (unpaired) electrons. The fourth-order valence-corrected chi connectivity index (χ4v) is 2.30. The summed E-state index contributed by atoms with van der Waals surface area (Å²) < 4.78 is 0.708. The Balaban J connectivity index is 1.98. The van der Waals surface area contributed by atoms with Gasteiger partial charge < -0.3 is 5.32 Å². The van der Waals surface area contributed by atoms with Crippen molar-refractivity contribution in [2.24, 2.45) is 0 Å². The lowest BCUT2D eigenvalue weighted by Crippen LogP contribution is -2.34. The SMILES string of the molecule is CC(Cc1ccccc1)NC(=O)c1ncccc1Br. The molecule has 0 spiro atoms. The van der Waals surface area contributed by atoms with Crippen LogP contribution >= 0.6 is 15.9 Å². The third kappa shape index (κ3) is 3.89. The topological polar surface area (TPSA) is 42.0 Å². The highest BCUT2D eigenvalue weighted by Gasteiger charge is 2.13. The van der Waals surface area contributed by atoms with Crippen LogP contribution in [0.2, 0.25) is 0 Å². The molecule has 1 heterocycles. The maximum Gasteiger partial charge on any atom is 0.271 e. The summed E-state index contributed by atoms with van der Waals surface area (Å²) in [5.41, 5.74) is 1.62. The van der Waals surface area contributed by atoms with Crippen LogP contribution in [0.15, 0.2) is 53.1 Å². The largest absolute Gasteiger partial charge is 0.348 e. The molecule has 0 bridgehead atoms. The highest BCUT2D eigenvalue weighted by atomic mass is 79.9. The normalized spacial score (nSPS) is 11.9. The van der Waals surface area contributed by atoms with Gasteiger partial charge in [-0.3, -0.25) is 4.79 Å². The molecule has 1 aromatic heterocycles. The Morgan fingerprint density at radius 1 is 1.26 bits per heavy atom. The van der Waals surface area contributed by atoms with Crippen molar-refractivity contribution in [3.8, 4) is 0 Å². The molecule has 0 saturated heterocycles. The molecule has 0 saturated carbocycles. The van der Waals surface area contributed by atoms with Crippen molar-refractivity contribution in [2.75, 3.05) is 0 Å². The van der Waals surface area contributed by atoms with Crippen molar-refractivity contribution < 1.29 is 4.79 Å². The maximum absolute atomic E-state index is 12.1. The number of hydrogen-bond donors (Lipinski definition) is 1. The minimum Gasteiger partial charge on any atom is -0.348 e. The van der Waals surface area contributed by atoms with Gasteiger partial charge in [-0.1, -0.05) is 30.3 Å². The molecule has 3 nitrogen and oxygen atoms in total. The Morgan fingerprint density at radius 2 is 2.00 bits per heavy atom. The van der Waals surface area contributed by atoms with Crippen LogP contribution < -0.4 is 5.32 Å². The Kier molecular flexibility index (Phi) is 4.68. The van der Waals surface area contributed by atoms with E-state index in [0.717, 1.165) is 6.42 Å². The molecule has 1 aromatic carbocycles. The molecular formula is C15H15BrN2O. The summed E-state index contributed by atoms with van der Waals surface area (Å²) in [5.74, 6) is -0.157. The van der Waals surface area contributed by atoms with Gasteiger partial charge in [-0.2, -0.15) is 0 Å². The third-order valence-corrected chi connectivity index (χ3v) is 3.38. The molecule has 4 heteroatoms. The average Bonchev–Trinajstić information content (AvgIpc) is 2.40. The monoisotopic (exact) mass is 318 g/mol. The second-order valence-corrected chi connectivity index (χ2v) is 5.25. The third-order valence-electron chi connectivity index (χ3n) is 2.74. The first-order valence-electron chi connectivity index (χ1n) is 6.12. The van der Waals surface area contributed by atoms with Crippen LogP contribution in [0.4, 0.5) is 0 Å². The first kappa shape index (κ1) is 13.7. The lowest BCUT2D eigenvalue weighted by molar-refractivity contribution is 0.0934. The number of nitrogens with zero attached hydrogens (tertiary/aromatic N) is 1. The quantitative estimate of drug-likeness (QED) is 0.940. The first-order chi connectivity index (χ1) is 9.16. The molecule has 1 atom stereocenters. The van der Waals surface area contributed by atoms with E-state index in [1.807, 2.05) is 31.2 Å². The van der Waals surface area contributed by atoms with Gasteiger partial charge in [-0.15, -0.1) is 0 Å². The average molecular weight is 319 g/mol. The fourth-order valence-electron chi connectivity index (χ4n) is 1.86. The molecule has 0 aliphatic heterocycles. The Bertz CT molecular complexity index is 557. The predicted octanol–water partition coefficient (Wildman–Crippen LogP) is 3.21. The molecular weight excluding hydrogens is 304 g/mol. The van der Waals surface area contributed by atoms with E-state index < -0.39 is 0 Å². The van der Waals surface area contributed by atoms with E-state index in [2.05, 4.69) is 38.4 Å². The van der Waals surface area contributed by atoms with Gasteiger partial charge in [0.05, 0.1) is 0 Å². The van der Waals surface area contributed by atoms with E-state index >= 15 is 0 Å². The number of hydrogen-bond acceptors (Lipinski definition) is 2. The number of aromatic nitrogens is 1. The van der Waals surface area contributed by atoms with Crippen LogP contribution in [0.25, 0.3) is 0 Å². The van der Waals surface area contributed by atoms with Crippen molar-refractivity contribution in [1.29, 1.82) is 0 Å². The van der Waals surface area contributed by atoms with Crippen LogP contribution in [0.1, 0.15) is 23.0 Å². The lowest BCUT2D eigenvalue weighted by atomic mass is 10.1.